The first-order valence-corrected chi connectivity index (χ1v) is 11.3. The molecule has 0 radical (unpaired) electrons. The van der Waals surface area contributed by atoms with Crippen LogP contribution in [0.3, 0.4) is 0 Å². The van der Waals surface area contributed by atoms with Gasteiger partial charge in [0, 0.05) is 22.7 Å². The lowest BCUT2D eigenvalue weighted by Gasteiger charge is -2.21. The second-order valence-electron chi connectivity index (χ2n) is 7.00. The largest absolute Gasteiger partial charge is 0.494 e. The Morgan fingerprint density at radius 2 is 1.56 bits per heavy atom. The van der Waals surface area contributed by atoms with E-state index in [9.17, 15) is 9.59 Å². The normalized spacial score (nSPS) is 13.7. The number of carbonyl (C=O) groups is 2. The molecule has 0 aliphatic carbocycles. The van der Waals surface area contributed by atoms with E-state index in [1.807, 2.05) is 49.4 Å². The molecule has 0 bridgehead atoms. The van der Waals surface area contributed by atoms with Crippen molar-refractivity contribution < 1.29 is 14.3 Å². The Bertz CT molecular complexity index is 1160. The van der Waals surface area contributed by atoms with Crippen molar-refractivity contribution in [2.24, 2.45) is 0 Å². The van der Waals surface area contributed by atoms with Crippen molar-refractivity contribution >= 4 is 46.6 Å². The van der Waals surface area contributed by atoms with Crippen LogP contribution in [0.4, 0.5) is 11.4 Å². The standard InChI is InChI=1S/C25H21ClN2O3S/c1-3-31-20-13-11-19(12-14-20)28-24(29)22(27(2)18-7-5-4-6-8-18)23(25(28)30)32-21-15-9-17(26)10-16-21/h4-16H,3H2,1-2H3. The van der Waals surface area contributed by atoms with Crippen molar-refractivity contribution in [3.63, 3.8) is 0 Å². The van der Waals surface area contributed by atoms with Crippen LogP contribution in [-0.4, -0.2) is 25.5 Å². The van der Waals surface area contributed by atoms with E-state index in [0.717, 1.165) is 10.6 Å². The number of para-hydroxylation sites is 1. The molecule has 0 saturated heterocycles. The zero-order valence-electron chi connectivity index (χ0n) is 17.6. The van der Waals surface area contributed by atoms with Crippen LogP contribution in [0, 0.1) is 0 Å². The molecule has 0 fully saturated rings. The van der Waals surface area contributed by atoms with Gasteiger partial charge in [-0.3, -0.25) is 9.59 Å². The number of thioether (sulfide) groups is 1. The fraction of sp³-hybridized carbons (Fsp3) is 0.120. The Labute approximate surface area is 196 Å². The zero-order valence-corrected chi connectivity index (χ0v) is 19.2. The van der Waals surface area contributed by atoms with E-state index in [0.29, 0.717) is 33.7 Å². The van der Waals surface area contributed by atoms with Crippen LogP contribution in [0.25, 0.3) is 0 Å². The number of rotatable bonds is 7. The van der Waals surface area contributed by atoms with Gasteiger partial charge in [-0.25, -0.2) is 4.90 Å². The second kappa shape index (κ2) is 9.51. The van der Waals surface area contributed by atoms with Gasteiger partial charge >= 0.3 is 0 Å². The molecule has 1 heterocycles. The summed E-state index contributed by atoms with van der Waals surface area (Å²) in [5.74, 6) is -0.0560. The number of nitrogens with zero attached hydrogens (tertiary/aromatic N) is 2. The summed E-state index contributed by atoms with van der Waals surface area (Å²) in [6.07, 6.45) is 0. The van der Waals surface area contributed by atoms with Crippen molar-refractivity contribution in [1.29, 1.82) is 0 Å². The first-order chi connectivity index (χ1) is 15.5. The smallest absolute Gasteiger partial charge is 0.283 e. The number of hydrogen-bond donors (Lipinski definition) is 0. The third kappa shape index (κ3) is 4.38. The first kappa shape index (κ1) is 22.0. The van der Waals surface area contributed by atoms with E-state index in [-0.39, 0.29) is 11.8 Å². The number of ether oxygens (including phenoxy) is 1. The molecule has 3 aromatic rings. The van der Waals surface area contributed by atoms with Gasteiger partial charge < -0.3 is 9.64 Å². The van der Waals surface area contributed by atoms with Crippen LogP contribution in [0.2, 0.25) is 5.02 Å². The SMILES string of the molecule is CCOc1ccc(N2C(=O)C(Sc3ccc(Cl)cc3)=C(N(C)c3ccccc3)C2=O)cc1. The molecular formula is C25H21ClN2O3S. The average molecular weight is 465 g/mol. The number of halogens is 1. The quantitative estimate of drug-likeness (QED) is 0.416. The lowest BCUT2D eigenvalue weighted by molar-refractivity contribution is -0.120. The Morgan fingerprint density at radius 1 is 0.906 bits per heavy atom. The molecular weight excluding hydrogens is 444 g/mol. The molecule has 0 atom stereocenters. The van der Waals surface area contributed by atoms with Crippen molar-refractivity contribution in [2.45, 2.75) is 11.8 Å². The monoisotopic (exact) mass is 464 g/mol. The van der Waals surface area contributed by atoms with Gasteiger partial charge in [0.15, 0.2) is 0 Å². The second-order valence-corrected chi connectivity index (χ2v) is 8.52. The van der Waals surface area contributed by atoms with E-state index in [4.69, 9.17) is 16.3 Å². The van der Waals surface area contributed by atoms with E-state index in [1.54, 1.807) is 48.3 Å². The third-order valence-electron chi connectivity index (χ3n) is 4.94. The summed E-state index contributed by atoms with van der Waals surface area (Å²) in [7, 11) is 1.79. The van der Waals surface area contributed by atoms with Gasteiger partial charge in [-0.05, 0) is 67.6 Å². The van der Waals surface area contributed by atoms with Crippen LogP contribution in [0.15, 0.2) is 94.4 Å². The van der Waals surface area contributed by atoms with Gasteiger partial charge in [-0.1, -0.05) is 41.6 Å². The van der Waals surface area contributed by atoms with Gasteiger partial charge in [-0.2, -0.15) is 0 Å². The number of amides is 2. The predicted octanol–water partition coefficient (Wildman–Crippen LogP) is 5.75. The van der Waals surface area contributed by atoms with Crippen molar-refractivity contribution in [2.75, 3.05) is 23.5 Å². The molecule has 32 heavy (non-hydrogen) atoms. The number of benzene rings is 3. The summed E-state index contributed by atoms with van der Waals surface area (Å²) < 4.78 is 5.48. The lowest BCUT2D eigenvalue weighted by atomic mass is 10.2. The molecule has 0 aromatic heterocycles. The minimum atomic E-state index is -0.373. The summed E-state index contributed by atoms with van der Waals surface area (Å²) in [4.78, 5) is 31.2. The number of carbonyl (C=O) groups excluding carboxylic acids is 2. The topological polar surface area (TPSA) is 49.9 Å². The first-order valence-electron chi connectivity index (χ1n) is 10.1. The van der Waals surface area contributed by atoms with Crippen LogP contribution < -0.4 is 14.5 Å². The Morgan fingerprint density at radius 3 is 2.19 bits per heavy atom. The van der Waals surface area contributed by atoms with Crippen molar-refractivity contribution in [1.82, 2.24) is 0 Å². The molecule has 0 spiro atoms. The molecule has 3 aromatic carbocycles. The maximum absolute atomic E-state index is 13.5. The zero-order chi connectivity index (χ0) is 22.7. The van der Waals surface area contributed by atoms with Crippen LogP contribution in [0.5, 0.6) is 5.75 Å². The molecule has 1 aliphatic rings. The highest BCUT2D eigenvalue weighted by molar-refractivity contribution is 8.04. The molecule has 7 heteroatoms. The summed E-state index contributed by atoms with van der Waals surface area (Å²) in [6.45, 7) is 2.44. The minimum absolute atomic E-state index is 0.329. The highest BCUT2D eigenvalue weighted by Gasteiger charge is 2.42. The molecule has 5 nitrogen and oxygen atoms in total. The van der Waals surface area contributed by atoms with Crippen molar-refractivity contribution in [3.8, 4) is 5.75 Å². The molecule has 0 unspecified atom stereocenters. The van der Waals surface area contributed by atoms with Crippen LogP contribution in [-0.2, 0) is 9.59 Å². The molecule has 0 saturated carbocycles. The summed E-state index contributed by atoms with van der Waals surface area (Å²) >= 11 is 7.26. The number of imide groups is 1. The molecule has 1 aliphatic heterocycles. The van der Waals surface area contributed by atoms with Gasteiger partial charge in [-0.15, -0.1) is 0 Å². The fourth-order valence-electron chi connectivity index (χ4n) is 3.38. The number of anilines is 2. The van der Waals surface area contributed by atoms with E-state index in [2.05, 4.69) is 0 Å². The molecule has 0 N–H and O–H groups in total. The van der Waals surface area contributed by atoms with E-state index in [1.165, 1.54) is 16.7 Å². The third-order valence-corrected chi connectivity index (χ3v) is 6.27. The maximum atomic E-state index is 13.5. The summed E-state index contributed by atoms with van der Waals surface area (Å²) in [5.41, 5.74) is 1.63. The Hall–Kier alpha value is -3.22. The van der Waals surface area contributed by atoms with Gasteiger partial charge in [0.05, 0.1) is 12.3 Å². The summed E-state index contributed by atoms with van der Waals surface area (Å²) in [5, 5.41) is 0.606. The van der Waals surface area contributed by atoms with Crippen LogP contribution >= 0.6 is 23.4 Å². The van der Waals surface area contributed by atoms with Gasteiger partial charge in [0.1, 0.15) is 16.4 Å². The minimum Gasteiger partial charge on any atom is -0.494 e. The maximum Gasteiger partial charge on any atom is 0.283 e. The highest BCUT2D eigenvalue weighted by Crippen LogP contribution is 2.40. The highest BCUT2D eigenvalue weighted by atomic mass is 35.5. The Balaban J connectivity index is 1.74. The average Bonchev–Trinajstić information content (AvgIpc) is 3.05. The molecule has 4 rings (SSSR count). The fourth-order valence-corrected chi connectivity index (χ4v) is 4.51. The van der Waals surface area contributed by atoms with E-state index >= 15 is 0 Å². The number of hydrogen-bond acceptors (Lipinski definition) is 5. The number of likely N-dealkylation sites (N-methyl/N-ethyl adjacent to an activating group) is 1. The van der Waals surface area contributed by atoms with E-state index < -0.39 is 0 Å². The summed E-state index contributed by atoms with van der Waals surface area (Å²) in [6, 6.07) is 23.6. The predicted molar refractivity (Wildman–Crippen MR) is 129 cm³/mol. The lowest BCUT2D eigenvalue weighted by Crippen LogP contribution is -2.34. The molecule has 2 amide bonds. The Kier molecular flexibility index (Phi) is 6.53. The molecule has 162 valence electrons. The van der Waals surface area contributed by atoms with Gasteiger partial charge in [0.2, 0.25) is 0 Å². The van der Waals surface area contributed by atoms with Gasteiger partial charge in [0.25, 0.3) is 11.8 Å². The van der Waals surface area contributed by atoms with Crippen molar-refractivity contribution in [3.05, 3.63) is 94.5 Å². The van der Waals surface area contributed by atoms with Crippen LogP contribution in [0.1, 0.15) is 6.92 Å².